The Hall–Kier alpha value is -0.540. The van der Waals surface area contributed by atoms with E-state index in [1.807, 2.05) is 0 Å². The molecule has 0 aromatic carbocycles. The molecule has 1 nitrogen and oxygen atoms in total. The van der Waals surface area contributed by atoms with Gasteiger partial charge in [-0.3, -0.25) is 0 Å². The molecule has 0 aromatic heterocycles. The molecule has 4 saturated carbocycles. The van der Waals surface area contributed by atoms with Crippen LogP contribution in [-0.4, -0.2) is 12.5 Å². The Labute approximate surface area is 161 Å². The lowest BCUT2D eigenvalue weighted by molar-refractivity contribution is -0.208. The molecule has 0 radical (unpaired) electrons. The second-order valence-corrected chi connectivity index (χ2v) is 10.9. The van der Waals surface area contributed by atoms with Crippen molar-refractivity contribution < 1.29 is 18.0 Å². The van der Waals surface area contributed by atoms with Crippen LogP contribution >= 0.6 is 0 Å². The minimum absolute atomic E-state index is 0.0952. The number of aldehydes is 1. The van der Waals surface area contributed by atoms with Crippen molar-refractivity contribution in [2.24, 2.45) is 52.3 Å². The Balaban J connectivity index is 1.57. The predicted octanol–water partition coefficient (Wildman–Crippen LogP) is 6.66. The van der Waals surface area contributed by atoms with Gasteiger partial charge in [-0.25, -0.2) is 0 Å². The van der Waals surface area contributed by atoms with E-state index in [-0.39, 0.29) is 16.7 Å². The van der Waals surface area contributed by atoms with Gasteiger partial charge in [-0.1, -0.05) is 20.8 Å². The van der Waals surface area contributed by atoms with Crippen LogP contribution in [0.4, 0.5) is 13.2 Å². The fourth-order valence-electron chi connectivity index (χ4n) is 8.63. The maximum absolute atomic E-state index is 13.3. The van der Waals surface area contributed by atoms with Crippen molar-refractivity contribution in [2.75, 3.05) is 0 Å². The van der Waals surface area contributed by atoms with Crippen LogP contribution in [0.15, 0.2) is 0 Å². The molecule has 0 amide bonds. The number of alkyl halides is 3. The summed E-state index contributed by atoms with van der Waals surface area (Å²) in [6.45, 7) is 7.06. The van der Waals surface area contributed by atoms with E-state index in [0.717, 1.165) is 38.4 Å². The highest BCUT2D eigenvalue weighted by Crippen LogP contribution is 2.69. The highest BCUT2D eigenvalue weighted by atomic mass is 19.4. The lowest BCUT2D eigenvalue weighted by Gasteiger charge is -2.61. The summed E-state index contributed by atoms with van der Waals surface area (Å²) in [6, 6.07) is 0. The lowest BCUT2D eigenvalue weighted by atomic mass is 9.44. The van der Waals surface area contributed by atoms with Crippen molar-refractivity contribution in [1.82, 2.24) is 0 Å². The summed E-state index contributed by atoms with van der Waals surface area (Å²) in [5.74, 6) is 2.16. The Morgan fingerprint density at radius 1 is 0.963 bits per heavy atom. The lowest BCUT2D eigenvalue weighted by Crippen LogP contribution is -2.54. The number of carbonyl (C=O) groups is 1. The third-order valence-electron chi connectivity index (χ3n) is 10.1. The maximum Gasteiger partial charge on any atom is 0.391 e. The summed E-state index contributed by atoms with van der Waals surface area (Å²) >= 11 is 0. The first-order chi connectivity index (χ1) is 12.6. The quantitative estimate of drug-likeness (QED) is 0.487. The van der Waals surface area contributed by atoms with Crippen LogP contribution in [0.25, 0.3) is 0 Å². The van der Waals surface area contributed by atoms with Gasteiger partial charge in [0.1, 0.15) is 6.29 Å². The Kier molecular flexibility index (Phi) is 4.75. The molecule has 4 heteroatoms. The number of fused-ring (bicyclic) bond motifs is 5. The Bertz CT molecular complexity index is 587. The summed E-state index contributed by atoms with van der Waals surface area (Å²) in [4.78, 5) is 11.3. The Morgan fingerprint density at radius 2 is 1.67 bits per heavy atom. The maximum atomic E-state index is 13.3. The minimum Gasteiger partial charge on any atom is -0.303 e. The topological polar surface area (TPSA) is 17.1 Å². The molecule has 0 spiro atoms. The number of hydrogen-bond acceptors (Lipinski definition) is 1. The molecule has 4 unspecified atom stereocenters. The molecule has 0 heterocycles. The average molecular weight is 385 g/mol. The van der Waals surface area contributed by atoms with Gasteiger partial charge < -0.3 is 4.79 Å². The van der Waals surface area contributed by atoms with Gasteiger partial charge in [-0.15, -0.1) is 0 Å². The molecule has 4 rings (SSSR count). The zero-order valence-corrected chi connectivity index (χ0v) is 17.0. The van der Waals surface area contributed by atoms with E-state index in [0.29, 0.717) is 48.9 Å². The molecule has 0 N–H and O–H groups in total. The van der Waals surface area contributed by atoms with Crippen LogP contribution in [0.1, 0.15) is 78.6 Å². The summed E-state index contributed by atoms with van der Waals surface area (Å²) < 4.78 is 39.9. The second kappa shape index (κ2) is 6.49. The van der Waals surface area contributed by atoms with Crippen LogP contribution in [0, 0.1) is 52.3 Å². The van der Waals surface area contributed by atoms with Crippen LogP contribution < -0.4 is 0 Å². The molecule has 154 valence electrons. The summed E-state index contributed by atoms with van der Waals surface area (Å²) in [5, 5.41) is 0. The zero-order valence-electron chi connectivity index (χ0n) is 17.0. The molecule has 4 fully saturated rings. The van der Waals surface area contributed by atoms with Gasteiger partial charge in [0.05, 0.1) is 5.92 Å². The van der Waals surface area contributed by atoms with Crippen molar-refractivity contribution in [3.8, 4) is 0 Å². The number of rotatable bonds is 2. The molecular weight excluding hydrogens is 349 g/mol. The smallest absolute Gasteiger partial charge is 0.303 e. The standard InChI is InChI=1S/C23H35F3O/c1-14-12-20-17-5-4-15-13-16(23(24,25)26)6-9-21(15,2)19(17)7-10-22(20,3)18(14)8-11-27/h11,14-20H,4-10,12-13H2,1-3H3/t14-,15-,16?,17-,18?,19?,20?,21+,22-/m1/s1. The number of halogens is 3. The van der Waals surface area contributed by atoms with Gasteiger partial charge in [0.15, 0.2) is 0 Å². The summed E-state index contributed by atoms with van der Waals surface area (Å²) in [6.07, 6.45) is 4.81. The molecule has 0 aromatic rings. The van der Waals surface area contributed by atoms with Crippen molar-refractivity contribution in [1.29, 1.82) is 0 Å². The van der Waals surface area contributed by atoms with Crippen molar-refractivity contribution >= 4 is 6.29 Å². The third-order valence-corrected chi connectivity index (χ3v) is 10.1. The van der Waals surface area contributed by atoms with E-state index >= 15 is 0 Å². The van der Waals surface area contributed by atoms with E-state index < -0.39 is 12.1 Å². The van der Waals surface area contributed by atoms with Gasteiger partial charge in [0.25, 0.3) is 0 Å². The first kappa shape index (κ1) is 19.8. The van der Waals surface area contributed by atoms with Crippen molar-refractivity contribution in [2.45, 2.75) is 84.7 Å². The summed E-state index contributed by atoms with van der Waals surface area (Å²) in [5.41, 5.74) is 0.353. The van der Waals surface area contributed by atoms with Gasteiger partial charge in [-0.2, -0.15) is 13.2 Å². The molecule has 0 bridgehead atoms. The minimum atomic E-state index is -4.02. The average Bonchev–Trinajstić information content (AvgIpc) is 2.85. The van der Waals surface area contributed by atoms with E-state index in [4.69, 9.17) is 0 Å². The van der Waals surface area contributed by atoms with E-state index in [2.05, 4.69) is 20.8 Å². The van der Waals surface area contributed by atoms with E-state index in [1.165, 1.54) is 6.42 Å². The number of carbonyl (C=O) groups excluding carboxylic acids is 1. The largest absolute Gasteiger partial charge is 0.391 e. The van der Waals surface area contributed by atoms with Gasteiger partial charge >= 0.3 is 6.18 Å². The van der Waals surface area contributed by atoms with Gasteiger partial charge in [0, 0.05) is 6.42 Å². The molecule has 0 aliphatic heterocycles. The zero-order chi connectivity index (χ0) is 19.6. The predicted molar refractivity (Wildman–Crippen MR) is 100.0 cm³/mol. The van der Waals surface area contributed by atoms with Crippen LogP contribution in [0.5, 0.6) is 0 Å². The van der Waals surface area contributed by atoms with Crippen molar-refractivity contribution in [3.05, 3.63) is 0 Å². The molecule has 4 aliphatic carbocycles. The second-order valence-electron chi connectivity index (χ2n) is 10.9. The monoisotopic (exact) mass is 384 g/mol. The van der Waals surface area contributed by atoms with Crippen LogP contribution in [-0.2, 0) is 4.79 Å². The molecule has 27 heavy (non-hydrogen) atoms. The number of hydrogen-bond donors (Lipinski definition) is 0. The SMILES string of the molecule is C[C@@H]1CC2[C@@H]3CC[C@@H]4CC(C(F)(F)F)CC[C@]4(C)C3CC[C@]2(C)C1CC=O. The molecule has 9 atom stereocenters. The first-order valence-corrected chi connectivity index (χ1v) is 11.1. The summed E-state index contributed by atoms with van der Waals surface area (Å²) in [7, 11) is 0. The highest BCUT2D eigenvalue weighted by Gasteiger charge is 2.62. The van der Waals surface area contributed by atoms with Crippen LogP contribution in [0.2, 0.25) is 0 Å². The van der Waals surface area contributed by atoms with Crippen LogP contribution in [0.3, 0.4) is 0 Å². The fourth-order valence-corrected chi connectivity index (χ4v) is 8.63. The van der Waals surface area contributed by atoms with E-state index in [1.54, 1.807) is 0 Å². The molecular formula is C23H35F3O. The normalized spacial score (nSPS) is 52.6. The molecule has 0 saturated heterocycles. The molecule has 4 aliphatic rings. The first-order valence-electron chi connectivity index (χ1n) is 11.1. The van der Waals surface area contributed by atoms with Crippen molar-refractivity contribution in [3.63, 3.8) is 0 Å². The van der Waals surface area contributed by atoms with Gasteiger partial charge in [0.2, 0.25) is 0 Å². The van der Waals surface area contributed by atoms with E-state index in [9.17, 15) is 18.0 Å². The third kappa shape index (κ3) is 2.90. The highest BCUT2D eigenvalue weighted by molar-refractivity contribution is 5.50. The van der Waals surface area contributed by atoms with Gasteiger partial charge in [-0.05, 0) is 97.7 Å². The Morgan fingerprint density at radius 3 is 2.33 bits per heavy atom. The fraction of sp³-hybridized carbons (Fsp3) is 0.957.